The number of pyridine rings is 1. The zero-order valence-corrected chi connectivity index (χ0v) is 7.56. The van der Waals surface area contributed by atoms with E-state index in [0.29, 0.717) is 16.5 Å². The number of fused-ring (bicyclic) bond motifs is 1. The van der Waals surface area contributed by atoms with E-state index in [9.17, 15) is 10.2 Å². The molecule has 0 unspecified atom stereocenters. The molecule has 0 fully saturated rings. The summed E-state index contributed by atoms with van der Waals surface area (Å²) in [7, 11) is 1.51. The number of aromatic hydroxyl groups is 2. The molecule has 2 N–H and O–H groups in total. The minimum atomic E-state index is -0.0392. The van der Waals surface area contributed by atoms with E-state index >= 15 is 0 Å². The van der Waals surface area contributed by atoms with E-state index in [4.69, 9.17) is 4.74 Å². The fourth-order valence-corrected chi connectivity index (χ4v) is 1.37. The fraction of sp³-hybridized carbons (Fsp3) is 0.100. The molecule has 1 aromatic heterocycles. The third kappa shape index (κ3) is 1.21. The topological polar surface area (TPSA) is 62.6 Å². The zero-order chi connectivity index (χ0) is 10.1. The Morgan fingerprint density at radius 1 is 1.14 bits per heavy atom. The molecule has 1 heterocycles. The number of hydrogen-bond acceptors (Lipinski definition) is 4. The van der Waals surface area contributed by atoms with E-state index in [0.717, 1.165) is 0 Å². The van der Waals surface area contributed by atoms with E-state index in [1.807, 2.05) is 0 Å². The van der Waals surface area contributed by atoms with Crippen LogP contribution in [0.5, 0.6) is 17.2 Å². The van der Waals surface area contributed by atoms with Crippen molar-refractivity contribution >= 4 is 10.8 Å². The van der Waals surface area contributed by atoms with Crippen molar-refractivity contribution in [3.63, 3.8) is 0 Å². The van der Waals surface area contributed by atoms with E-state index in [1.165, 1.54) is 19.4 Å². The first-order valence-electron chi connectivity index (χ1n) is 4.06. The van der Waals surface area contributed by atoms with Gasteiger partial charge in [-0.25, -0.2) is 0 Å². The van der Waals surface area contributed by atoms with Gasteiger partial charge < -0.3 is 14.9 Å². The maximum atomic E-state index is 9.60. The molecule has 72 valence electrons. The van der Waals surface area contributed by atoms with Gasteiger partial charge in [-0.2, -0.15) is 0 Å². The Bertz CT molecular complexity index is 482. The van der Waals surface area contributed by atoms with Crippen LogP contribution in [0, 0.1) is 0 Å². The van der Waals surface area contributed by atoms with Crippen molar-refractivity contribution in [3.05, 3.63) is 24.5 Å². The summed E-state index contributed by atoms with van der Waals surface area (Å²) in [6.07, 6.45) is 2.84. The van der Waals surface area contributed by atoms with E-state index in [2.05, 4.69) is 4.98 Å². The molecule has 0 aliphatic carbocycles. The Labute approximate surface area is 80.4 Å². The lowest BCUT2D eigenvalue weighted by atomic mass is 10.1. The van der Waals surface area contributed by atoms with Crippen LogP contribution >= 0.6 is 0 Å². The Morgan fingerprint density at radius 3 is 2.64 bits per heavy atom. The summed E-state index contributed by atoms with van der Waals surface area (Å²) in [6.45, 7) is 0. The second-order valence-electron chi connectivity index (χ2n) is 2.90. The summed E-state index contributed by atoms with van der Waals surface area (Å²) in [4.78, 5) is 3.81. The van der Waals surface area contributed by atoms with Crippen LogP contribution in [0.2, 0.25) is 0 Å². The van der Waals surface area contributed by atoms with Crippen molar-refractivity contribution in [1.29, 1.82) is 0 Å². The van der Waals surface area contributed by atoms with Crippen LogP contribution in [0.25, 0.3) is 10.8 Å². The van der Waals surface area contributed by atoms with Gasteiger partial charge in [-0.3, -0.25) is 4.98 Å². The van der Waals surface area contributed by atoms with Crippen molar-refractivity contribution < 1.29 is 14.9 Å². The average molecular weight is 191 g/mol. The molecule has 4 nitrogen and oxygen atoms in total. The van der Waals surface area contributed by atoms with Crippen LogP contribution in [-0.4, -0.2) is 22.3 Å². The molecule has 0 bridgehead atoms. The lowest BCUT2D eigenvalue weighted by Crippen LogP contribution is -1.84. The van der Waals surface area contributed by atoms with Gasteiger partial charge in [-0.05, 0) is 6.07 Å². The van der Waals surface area contributed by atoms with Gasteiger partial charge in [0.2, 0.25) is 0 Å². The van der Waals surface area contributed by atoms with Crippen molar-refractivity contribution in [1.82, 2.24) is 4.98 Å². The first-order chi connectivity index (χ1) is 6.72. The van der Waals surface area contributed by atoms with Crippen LogP contribution in [0.15, 0.2) is 24.5 Å². The van der Waals surface area contributed by atoms with Crippen molar-refractivity contribution in [2.45, 2.75) is 0 Å². The lowest BCUT2D eigenvalue weighted by Gasteiger charge is -2.05. The second kappa shape index (κ2) is 3.06. The van der Waals surface area contributed by atoms with Gasteiger partial charge in [0.15, 0.2) is 0 Å². The monoisotopic (exact) mass is 191 g/mol. The van der Waals surface area contributed by atoms with E-state index < -0.39 is 0 Å². The van der Waals surface area contributed by atoms with Crippen LogP contribution < -0.4 is 4.74 Å². The number of phenols is 1. The normalized spacial score (nSPS) is 10.4. The summed E-state index contributed by atoms with van der Waals surface area (Å²) < 4.78 is 4.97. The minimum absolute atomic E-state index is 0.0146. The third-order valence-corrected chi connectivity index (χ3v) is 2.02. The molecule has 0 atom stereocenters. The number of hydrogen-bond donors (Lipinski definition) is 2. The molecule has 0 saturated heterocycles. The zero-order valence-electron chi connectivity index (χ0n) is 7.56. The highest BCUT2D eigenvalue weighted by atomic mass is 16.5. The Kier molecular flexibility index (Phi) is 1.89. The van der Waals surface area contributed by atoms with Gasteiger partial charge >= 0.3 is 0 Å². The third-order valence-electron chi connectivity index (χ3n) is 2.02. The van der Waals surface area contributed by atoms with Gasteiger partial charge in [0, 0.05) is 17.6 Å². The summed E-state index contributed by atoms with van der Waals surface area (Å²) in [5.74, 6) is 0.476. The molecule has 14 heavy (non-hydrogen) atoms. The highest BCUT2D eigenvalue weighted by molar-refractivity contribution is 5.93. The predicted molar refractivity (Wildman–Crippen MR) is 51.6 cm³/mol. The number of rotatable bonds is 1. The molecule has 2 aromatic rings. The molecule has 0 radical (unpaired) electrons. The van der Waals surface area contributed by atoms with Crippen molar-refractivity contribution in [2.75, 3.05) is 7.11 Å². The highest BCUT2D eigenvalue weighted by Gasteiger charge is 2.07. The molecular formula is C10H9NO3. The van der Waals surface area contributed by atoms with Crippen LogP contribution in [0.3, 0.4) is 0 Å². The highest BCUT2D eigenvalue weighted by Crippen LogP contribution is 2.34. The Morgan fingerprint density at radius 2 is 1.93 bits per heavy atom. The number of aromatic nitrogens is 1. The molecule has 0 aliphatic rings. The van der Waals surface area contributed by atoms with Crippen LogP contribution in [-0.2, 0) is 0 Å². The van der Waals surface area contributed by atoms with Gasteiger partial charge in [0.25, 0.3) is 0 Å². The smallest absolute Gasteiger partial charge is 0.145 e. The van der Waals surface area contributed by atoms with Crippen molar-refractivity contribution in [3.8, 4) is 17.2 Å². The summed E-state index contributed by atoms with van der Waals surface area (Å²) in [5, 5.41) is 20.1. The fourth-order valence-electron chi connectivity index (χ4n) is 1.37. The van der Waals surface area contributed by atoms with Gasteiger partial charge in [-0.15, -0.1) is 0 Å². The second-order valence-corrected chi connectivity index (χ2v) is 2.90. The average Bonchev–Trinajstić information content (AvgIpc) is 2.17. The molecule has 1 aromatic carbocycles. The molecule has 0 aliphatic heterocycles. The van der Waals surface area contributed by atoms with Gasteiger partial charge in [-0.1, -0.05) is 0 Å². The Balaban J connectivity index is 2.83. The minimum Gasteiger partial charge on any atom is -0.507 e. The standard InChI is InChI=1S/C10H9NO3/c1-14-7-2-6-4-11-5-9(13)10(6)8(12)3-7/h2-5,12-13H,1H3. The molecule has 4 heteroatoms. The van der Waals surface area contributed by atoms with E-state index in [1.54, 1.807) is 12.3 Å². The molecular weight excluding hydrogens is 182 g/mol. The van der Waals surface area contributed by atoms with E-state index in [-0.39, 0.29) is 11.5 Å². The Hall–Kier alpha value is -1.97. The number of benzene rings is 1. The number of phenolic OH excluding ortho intramolecular Hbond substituents is 1. The maximum Gasteiger partial charge on any atom is 0.145 e. The molecule has 0 spiro atoms. The maximum absolute atomic E-state index is 9.60. The quantitative estimate of drug-likeness (QED) is 0.719. The largest absolute Gasteiger partial charge is 0.507 e. The van der Waals surface area contributed by atoms with Crippen molar-refractivity contribution in [2.24, 2.45) is 0 Å². The number of methoxy groups -OCH3 is 1. The first kappa shape index (κ1) is 8.62. The van der Waals surface area contributed by atoms with Gasteiger partial charge in [0.1, 0.15) is 17.2 Å². The summed E-state index contributed by atoms with van der Waals surface area (Å²) in [5.41, 5.74) is 0. The van der Waals surface area contributed by atoms with Gasteiger partial charge in [0.05, 0.1) is 18.7 Å². The van der Waals surface area contributed by atoms with Crippen LogP contribution in [0.1, 0.15) is 0 Å². The SMILES string of the molecule is COc1cc(O)c2c(O)cncc2c1. The van der Waals surface area contributed by atoms with Crippen LogP contribution in [0.4, 0.5) is 0 Å². The lowest BCUT2D eigenvalue weighted by molar-refractivity contribution is 0.408. The number of ether oxygens (including phenoxy) is 1. The molecule has 2 rings (SSSR count). The first-order valence-corrected chi connectivity index (χ1v) is 4.06. The summed E-state index contributed by atoms with van der Waals surface area (Å²) >= 11 is 0. The molecule has 0 amide bonds. The summed E-state index contributed by atoms with van der Waals surface area (Å²) in [6, 6.07) is 3.14. The predicted octanol–water partition coefficient (Wildman–Crippen LogP) is 1.65. The molecule has 0 saturated carbocycles. The number of nitrogens with zero attached hydrogens (tertiary/aromatic N) is 1.